The lowest BCUT2D eigenvalue weighted by Crippen LogP contribution is -1.93. The van der Waals surface area contributed by atoms with Gasteiger partial charge in [-0.25, -0.2) is 0 Å². The highest BCUT2D eigenvalue weighted by atomic mass is 35.5. The Hall–Kier alpha value is -1.93. The zero-order valence-corrected chi connectivity index (χ0v) is 12.2. The van der Waals surface area contributed by atoms with E-state index in [1.165, 1.54) is 0 Å². The molecule has 3 heteroatoms. The third-order valence-electron chi connectivity index (χ3n) is 3.55. The van der Waals surface area contributed by atoms with Crippen LogP contribution in [0.2, 0.25) is 0 Å². The van der Waals surface area contributed by atoms with Gasteiger partial charge in [-0.1, -0.05) is 36.4 Å². The van der Waals surface area contributed by atoms with E-state index in [0.29, 0.717) is 5.88 Å². The minimum atomic E-state index is 0.480. The Morgan fingerprint density at radius 3 is 1.90 bits per heavy atom. The second kappa shape index (κ2) is 5.22. The van der Waals surface area contributed by atoms with Crippen molar-refractivity contribution >= 4 is 33.1 Å². The molecule has 0 atom stereocenters. The number of halogens is 1. The molecular weight excluding hydrogens is 272 g/mol. The van der Waals surface area contributed by atoms with Crippen molar-refractivity contribution in [2.45, 2.75) is 5.88 Å². The normalized spacial score (nSPS) is 10.9. The number of benzene rings is 3. The molecule has 3 rings (SSSR count). The summed E-state index contributed by atoms with van der Waals surface area (Å²) in [6, 6.07) is 14.2. The van der Waals surface area contributed by atoms with Crippen molar-refractivity contribution in [2.24, 2.45) is 0 Å². The van der Waals surface area contributed by atoms with Crippen LogP contribution in [0.25, 0.3) is 21.5 Å². The molecule has 102 valence electrons. The van der Waals surface area contributed by atoms with Crippen LogP contribution in [0.3, 0.4) is 0 Å². The van der Waals surface area contributed by atoms with Gasteiger partial charge in [0, 0.05) is 27.4 Å². The minimum Gasteiger partial charge on any atom is -0.495 e. The number of ether oxygens (including phenoxy) is 2. The van der Waals surface area contributed by atoms with E-state index in [2.05, 4.69) is 6.07 Å². The number of fused-ring (bicyclic) bond motifs is 2. The number of alkyl halides is 1. The fraction of sp³-hybridized carbons (Fsp3) is 0.176. The Labute approximate surface area is 122 Å². The van der Waals surface area contributed by atoms with Crippen LogP contribution in [-0.4, -0.2) is 14.2 Å². The first-order valence-electron chi connectivity index (χ1n) is 6.41. The van der Waals surface area contributed by atoms with E-state index in [-0.39, 0.29) is 0 Å². The maximum atomic E-state index is 5.94. The van der Waals surface area contributed by atoms with Gasteiger partial charge < -0.3 is 9.47 Å². The average molecular weight is 287 g/mol. The fourth-order valence-corrected chi connectivity index (χ4v) is 2.84. The van der Waals surface area contributed by atoms with Crippen molar-refractivity contribution in [2.75, 3.05) is 14.2 Å². The third kappa shape index (κ3) is 1.88. The summed E-state index contributed by atoms with van der Waals surface area (Å²) in [5, 5.41) is 4.17. The molecule has 0 unspecified atom stereocenters. The first-order valence-corrected chi connectivity index (χ1v) is 6.95. The molecular formula is C17H15ClO2. The van der Waals surface area contributed by atoms with Crippen LogP contribution in [0.5, 0.6) is 11.5 Å². The number of hydrogen-bond acceptors (Lipinski definition) is 2. The Morgan fingerprint density at radius 1 is 0.800 bits per heavy atom. The zero-order chi connectivity index (χ0) is 14.1. The van der Waals surface area contributed by atoms with Crippen molar-refractivity contribution in [3.05, 3.63) is 48.0 Å². The molecule has 0 saturated carbocycles. The van der Waals surface area contributed by atoms with E-state index >= 15 is 0 Å². The lowest BCUT2D eigenvalue weighted by Gasteiger charge is -2.15. The Morgan fingerprint density at radius 2 is 1.35 bits per heavy atom. The highest BCUT2D eigenvalue weighted by Gasteiger charge is 2.14. The van der Waals surface area contributed by atoms with Crippen molar-refractivity contribution in [1.29, 1.82) is 0 Å². The van der Waals surface area contributed by atoms with Crippen LogP contribution < -0.4 is 9.47 Å². The first kappa shape index (κ1) is 13.1. The summed E-state index contributed by atoms with van der Waals surface area (Å²) in [5.41, 5.74) is 1.06. The summed E-state index contributed by atoms with van der Waals surface area (Å²) < 4.78 is 11.3. The van der Waals surface area contributed by atoms with Crippen molar-refractivity contribution in [3.8, 4) is 11.5 Å². The Kier molecular flexibility index (Phi) is 3.41. The van der Waals surface area contributed by atoms with Crippen LogP contribution in [0.4, 0.5) is 0 Å². The summed E-state index contributed by atoms with van der Waals surface area (Å²) >= 11 is 5.94. The van der Waals surface area contributed by atoms with Crippen LogP contribution >= 0.6 is 11.6 Å². The highest BCUT2D eigenvalue weighted by Crippen LogP contribution is 2.42. The minimum absolute atomic E-state index is 0.480. The quantitative estimate of drug-likeness (QED) is 0.511. The monoisotopic (exact) mass is 286 g/mol. The number of hydrogen-bond donors (Lipinski definition) is 0. The van der Waals surface area contributed by atoms with E-state index in [9.17, 15) is 0 Å². The standard InChI is InChI=1S/C17H15ClO2/c1-19-16-12-5-3-4-6-13(12)17(20-2)15-9-11(10-18)7-8-14(15)16/h3-9H,10H2,1-2H3. The molecule has 3 aromatic carbocycles. The van der Waals surface area contributed by atoms with Crippen molar-refractivity contribution in [3.63, 3.8) is 0 Å². The second-order valence-electron chi connectivity index (χ2n) is 4.63. The molecule has 0 aliphatic heterocycles. The summed E-state index contributed by atoms with van der Waals surface area (Å²) in [6.07, 6.45) is 0. The summed E-state index contributed by atoms with van der Waals surface area (Å²) in [5.74, 6) is 2.22. The van der Waals surface area contributed by atoms with E-state index in [1.54, 1.807) is 14.2 Å². The SMILES string of the molecule is COc1c2ccccc2c(OC)c2cc(CCl)ccc12. The van der Waals surface area contributed by atoms with Crippen LogP contribution in [0.1, 0.15) is 5.56 Å². The van der Waals surface area contributed by atoms with Gasteiger partial charge in [-0.2, -0.15) is 0 Å². The lowest BCUT2D eigenvalue weighted by atomic mass is 9.99. The van der Waals surface area contributed by atoms with Crippen molar-refractivity contribution in [1.82, 2.24) is 0 Å². The predicted molar refractivity (Wildman–Crippen MR) is 84.1 cm³/mol. The molecule has 0 spiro atoms. The largest absolute Gasteiger partial charge is 0.495 e. The van der Waals surface area contributed by atoms with E-state index < -0.39 is 0 Å². The Bertz CT molecular complexity index is 781. The molecule has 0 bridgehead atoms. The molecule has 0 aromatic heterocycles. The third-order valence-corrected chi connectivity index (χ3v) is 3.86. The molecule has 0 fully saturated rings. The molecule has 0 aliphatic rings. The number of methoxy groups -OCH3 is 2. The van der Waals surface area contributed by atoms with Gasteiger partial charge in [-0.3, -0.25) is 0 Å². The van der Waals surface area contributed by atoms with Gasteiger partial charge in [0.1, 0.15) is 11.5 Å². The van der Waals surface area contributed by atoms with Gasteiger partial charge in [-0.15, -0.1) is 11.6 Å². The molecule has 0 aliphatic carbocycles. The summed E-state index contributed by atoms with van der Waals surface area (Å²) in [7, 11) is 3.39. The molecule has 20 heavy (non-hydrogen) atoms. The zero-order valence-electron chi connectivity index (χ0n) is 11.4. The van der Waals surface area contributed by atoms with E-state index in [4.69, 9.17) is 21.1 Å². The van der Waals surface area contributed by atoms with Crippen LogP contribution in [0, 0.1) is 0 Å². The van der Waals surface area contributed by atoms with Gasteiger partial charge in [0.2, 0.25) is 0 Å². The molecule has 0 radical (unpaired) electrons. The van der Waals surface area contributed by atoms with Gasteiger partial charge in [0.15, 0.2) is 0 Å². The molecule has 0 amide bonds. The summed E-state index contributed by atoms with van der Waals surface area (Å²) in [4.78, 5) is 0. The molecule has 3 aromatic rings. The molecule has 0 heterocycles. The highest BCUT2D eigenvalue weighted by molar-refractivity contribution is 6.17. The fourth-order valence-electron chi connectivity index (χ4n) is 2.67. The smallest absolute Gasteiger partial charge is 0.134 e. The lowest BCUT2D eigenvalue weighted by molar-refractivity contribution is 0.417. The van der Waals surface area contributed by atoms with Gasteiger partial charge >= 0.3 is 0 Å². The Balaban J connectivity index is 2.54. The predicted octanol–water partition coefficient (Wildman–Crippen LogP) is 4.75. The number of rotatable bonds is 3. The molecule has 0 N–H and O–H groups in total. The van der Waals surface area contributed by atoms with Gasteiger partial charge in [0.05, 0.1) is 14.2 Å². The van der Waals surface area contributed by atoms with Crippen LogP contribution in [0.15, 0.2) is 42.5 Å². The van der Waals surface area contributed by atoms with Gasteiger partial charge in [-0.05, 0) is 11.6 Å². The molecule has 0 saturated heterocycles. The topological polar surface area (TPSA) is 18.5 Å². The maximum absolute atomic E-state index is 5.94. The maximum Gasteiger partial charge on any atom is 0.134 e. The first-order chi connectivity index (χ1) is 9.80. The summed E-state index contributed by atoms with van der Waals surface area (Å²) in [6.45, 7) is 0. The van der Waals surface area contributed by atoms with E-state index in [1.807, 2.05) is 36.4 Å². The van der Waals surface area contributed by atoms with Gasteiger partial charge in [0.25, 0.3) is 0 Å². The average Bonchev–Trinajstić information content (AvgIpc) is 2.51. The van der Waals surface area contributed by atoms with E-state index in [0.717, 1.165) is 38.6 Å². The second-order valence-corrected chi connectivity index (χ2v) is 4.89. The van der Waals surface area contributed by atoms with Crippen LogP contribution in [-0.2, 0) is 5.88 Å². The molecule has 2 nitrogen and oxygen atoms in total. The van der Waals surface area contributed by atoms with Crippen molar-refractivity contribution < 1.29 is 9.47 Å².